The van der Waals surface area contributed by atoms with Gasteiger partial charge < -0.3 is 14.4 Å². The van der Waals surface area contributed by atoms with Crippen molar-refractivity contribution in [3.05, 3.63) is 28.4 Å². The molecule has 0 saturated carbocycles. The fraction of sp³-hybridized carbons (Fsp3) is 0.250. The number of carbonyl (C=O) groups excluding carboxylic acids is 1. The van der Waals surface area contributed by atoms with Crippen LogP contribution in [0.5, 0.6) is 5.75 Å². The summed E-state index contributed by atoms with van der Waals surface area (Å²) in [6.45, 7) is 2.07. The molecule has 0 radical (unpaired) electrons. The Bertz CT molecular complexity index is 609. The third-order valence-corrected chi connectivity index (χ3v) is 3.54. The first-order chi connectivity index (χ1) is 8.58. The van der Waals surface area contributed by atoms with Crippen molar-refractivity contribution in [2.24, 2.45) is 0 Å². The fourth-order valence-electron chi connectivity index (χ4n) is 1.79. The minimum absolute atomic E-state index is 0.0879. The van der Waals surface area contributed by atoms with Crippen LogP contribution in [0, 0.1) is 0 Å². The van der Waals surface area contributed by atoms with Gasteiger partial charge in [0, 0.05) is 11.6 Å². The summed E-state index contributed by atoms with van der Waals surface area (Å²) in [5.41, 5.74) is 1.25. The van der Waals surface area contributed by atoms with Gasteiger partial charge in [0.2, 0.25) is 0 Å². The first kappa shape index (κ1) is 13.3. The Kier molecular flexibility index (Phi) is 3.87. The van der Waals surface area contributed by atoms with E-state index in [1.54, 1.807) is 25.3 Å². The minimum atomic E-state index is -0.398. The number of thiol groups is 1. The van der Waals surface area contributed by atoms with Gasteiger partial charge in [0.25, 0.3) is 0 Å². The summed E-state index contributed by atoms with van der Waals surface area (Å²) in [6, 6.07) is 3.30. The van der Waals surface area contributed by atoms with Crippen LogP contribution in [0.3, 0.4) is 0 Å². The summed E-state index contributed by atoms with van der Waals surface area (Å²) < 4.78 is 7.38. The number of ether oxygens (including phenoxy) is 1. The quantitative estimate of drug-likeness (QED) is 0.671. The normalized spacial score (nSPS) is 10.8. The van der Waals surface area contributed by atoms with Crippen LogP contribution in [0.2, 0.25) is 0 Å². The molecule has 0 atom stereocenters. The Labute approximate surface area is 118 Å². The number of carbonyl (C=O) groups is 1. The van der Waals surface area contributed by atoms with Crippen LogP contribution in [0.25, 0.3) is 10.9 Å². The van der Waals surface area contributed by atoms with Gasteiger partial charge >= 0.3 is 5.97 Å². The van der Waals surface area contributed by atoms with E-state index in [-0.39, 0.29) is 5.75 Å². The molecule has 0 saturated heterocycles. The topological polar surface area (TPSA) is 51.5 Å². The lowest BCUT2D eigenvalue weighted by Gasteiger charge is -2.02. The Morgan fingerprint density at radius 2 is 2.28 bits per heavy atom. The molecule has 0 unspecified atom stereocenters. The third-order valence-electron chi connectivity index (χ3n) is 2.60. The molecule has 0 aliphatic carbocycles. The van der Waals surface area contributed by atoms with Gasteiger partial charge in [-0.15, -0.1) is 0 Å². The fourth-order valence-corrected chi connectivity index (χ4v) is 2.35. The molecule has 1 aromatic carbocycles. The Morgan fingerprint density at radius 1 is 1.56 bits per heavy atom. The highest BCUT2D eigenvalue weighted by Gasteiger charge is 2.17. The lowest BCUT2D eigenvalue weighted by Crippen LogP contribution is -2.03. The maximum Gasteiger partial charge on any atom is 0.340 e. The van der Waals surface area contributed by atoms with Crippen LogP contribution in [-0.2, 0) is 10.6 Å². The van der Waals surface area contributed by atoms with Crippen molar-refractivity contribution in [1.29, 1.82) is 0 Å². The van der Waals surface area contributed by atoms with Crippen LogP contribution >= 0.6 is 28.6 Å². The van der Waals surface area contributed by atoms with E-state index in [9.17, 15) is 9.90 Å². The zero-order chi connectivity index (χ0) is 13.3. The number of nitrogens with zero attached hydrogens (tertiary/aromatic N) is 1. The van der Waals surface area contributed by atoms with Crippen LogP contribution in [0.4, 0.5) is 0 Å². The molecular formula is C12H12BrNO3S. The van der Waals surface area contributed by atoms with E-state index in [1.165, 1.54) is 0 Å². The molecule has 0 fully saturated rings. The predicted molar refractivity (Wildman–Crippen MR) is 76.2 cm³/mol. The molecule has 2 aromatic rings. The lowest BCUT2D eigenvalue weighted by atomic mass is 10.1. The molecule has 2 rings (SSSR count). The zero-order valence-corrected chi connectivity index (χ0v) is 12.2. The molecule has 1 heterocycles. The van der Waals surface area contributed by atoms with Crippen LogP contribution < -0.4 is 0 Å². The van der Waals surface area contributed by atoms with E-state index in [0.29, 0.717) is 27.9 Å². The highest BCUT2D eigenvalue weighted by molar-refractivity contribution is 9.10. The summed E-state index contributed by atoms with van der Waals surface area (Å²) in [4.78, 5) is 11.8. The molecular weight excluding hydrogens is 318 g/mol. The SMILES string of the molecule is CCOC(=O)c1cn(CS)c2cc(Br)c(O)cc12. The molecule has 0 spiro atoms. The summed E-state index contributed by atoms with van der Waals surface area (Å²) >= 11 is 7.47. The van der Waals surface area contributed by atoms with Gasteiger partial charge in [-0.3, -0.25) is 0 Å². The van der Waals surface area contributed by atoms with Crippen molar-refractivity contribution >= 4 is 45.4 Å². The number of benzene rings is 1. The van der Waals surface area contributed by atoms with Crippen LogP contribution in [0.1, 0.15) is 17.3 Å². The largest absolute Gasteiger partial charge is 0.507 e. The number of aromatic nitrogens is 1. The Hall–Kier alpha value is -1.14. The minimum Gasteiger partial charge on any atom is -0.507 e. The smallest absolute Gasteiger partial charge is 0.340 e. The second kappa shape index (κ2) is 5.24. The van der Waals surface area contributed by atoms with Gasteiger partial charge in [-0.25, -0.2) is 4.79 Å². The van der Waals surface area contributed by atoms with Gasteiger partial charge in [-0.1, -0.05) is 0 Å². The van der Waals surface area contributed by atoms with Crippen LogP contribution in [-0.4, -0.2) is 22.2 Å². The number of phenolic OH excluding ortho intramolecular Hbond substituents is 1. The second-order valence-electron chi connectivity index (χ2n) is 3.70. The number of phenols is 1. The standard InChI is InChI=1S/C12H12BrNO3S/c1-2-17-12(16)8-5-14(6-18)10-4-9(13)11(15)3-7(8)10/h3-5,15,18H,2,6H2,1H3. The first-order valence-electron chi connectivity index (χ1n) is 5.37. The average Bonchev–Trinajstić information content (AvgIpc) is 2.68. The van der Waals surface area contributed by atoms with Crippen LogP contribution in [0.15, 0.2) is 22.8 Å². The monoisotopic (exact) mass is 329 g/mol. The van der Waals surface area contributed by atoms with Crippen molar-refractivity contribution in [3.8, 4) is 5.75 Å². The van der Waals surface area contributed by atoms with E-state index >= 15 is 0 Å². The Morgan fingerprint density at radius 3 is 2.89 bits per heavy atom. The van der Waals surface area contributed by atoms with E-state index in [1.807, 2.05) is 4.57 Å². The van der Waals surface area contributed by atoms with E-state index in [0.717, 1.165) is 5.52 Å². The van der Waals surface area contributed by atoms with E-state index in [4.69, 9.17) is 4.74 Å². The summed E-state index contributed by atoms with van der Waals surface area (Å²) in [6.07, 6.45) is 1.68. The molecule has 0 aliphatic heterocycles. The molecule has 6 heteroatoms. The first-order valence-corrected chi connectivity index (χ1v) is 6.80. The van der Waals surface area contributed by atoms with Crippen molar-refractivity contribution in [1.82, 2.24) is 4.57 Å². The van der Waals surface area contributed by atoms with E-state index in [2.05, 4.69) is 28.6 Å². The van der Waals surface area contributed by atoms with Gasteiger partial charge in [0.15, 0.2) is 0 Å². The molecule has 18 heavy (non-hydrogen) atoms. The van der Waals surface area contributed by atoms with E-state index < -0.39 is 5.97 Å². The lowest BCUT2D eigenvalue weighted by molar-refractivity contribution is 0.0528. The number of hydrogen-bond donors (Lipinski definition) is 2. The number of halogens is 1. The number of hydrogen-bond acceptors (Lipinski definition) is 4. The second-order valence-corrected chi connectivity index (χ2v) is 4.83. The number of fused-ring (bicyclic) bond motifs is 1. The zero-order valence-electron chi connectivity index (χ0n) is 9.68. The van der Waals surface area contributed by atoms with Gasteiger partial charge in [-0.05, 0) is 35.0 Å². The predicted octanol–water partition coefficient (Wildman–Crippen LogP) is 3.17. The number of aromatic hydroxyl groups is 1. The molecule has 0 bridgehead atoms. The number of rotatable bonds is 3. The summed E-state index contributed by atoms with van der Waals surface area (Å²) in [5, 5.41) is 10.4. The van der Waals surface area contributed by atoms with Crippen molar-refractivity contribution in [2.45, 2.75) is 12.8 Å². The van der Waals surface area contributed by atoms with Gasteiger partial charge in [-0.2, -0.15) is 12.6 Å². The molecule has 96 valence electrons. The summed E-state index contributed by atoms with van der Waals surface area (Å²) in [5.74, 6) is 0.127. The average molecular weight is 330 g/mol. The van der Waals surface area contributed by atoms with Gasteiger partial charge in [0.1, 0.15) is 5.75 Å². The Balaban J connectivity index is 2.67. The third kappa shape index (κ3) is 2.22. The molecule has 0 aliphatic rings. The maximum absolute atomic E-state index is 11.8. The highest BCUT2D eigenvalue weighted by atomic mass is 79.9. The maximum atomic E-state index is 11.8. The molecule has 1 aromatic heterocycles. The highest BCUT2D eigenvalue weighted by Crippen LogP contribution is 2.32. The molecule has 1 N–H and O–H groups in total. The van der Waals surface area contributed by atoms with Crippen molar-refractivity contribution in [3.63, 3.8) is 0 Å². The molecule has 0 amide bonds. The number of esters is 1. The van der Waals surface area contributed by atoms with Crippen molar-refractivity contribution in [2.75, 3.05) is 6.61 Å². The molecule has 4 nitrogen and oxygen atoms in total. The van der Waals surface area contributed by atoms with Crippen molar-refractivity contribution < 1.29 is 14.6 Å². The van der Waals surface area contributed by atoms with Gasteiger partial charge in [0.05, 0.1) is 28.0 Å². The summed E-state index contributed by atoms with van der Waals surface area (Å²) in [7, 11) is 0.